The quantitative estimate of drug-likeness (QED) is 0.642. The molecule has 1 heterocycles. The average Bonchev–Trinajstić information content (AvgIpc) is 2.64. The molecule has 0 fully saturated rings. The Bertz CT molecular complexity index is 421. The highest BCUT2D eigenvalue weighted by atomic mass is 19.4. The molecule has 0 saturated carbocycles. The fourth-order valence-corrected chi connectivity index (χ4v) is 0.958. The highest BCUT2D eigenvalue weighted by Crippen LogP contribution is 2.19. The van der Waals surface area contributed by atoms with E-state index in [1.807, 2.05) is 0 Å². The van der Waals surface area contributed by atoms with Crippen LogP contribution in [0, 0.1) is 0 Å². The van der Waals surface area contributed by atoms with Gasteiger partial charge in [0.05, 0.1) is 11.8 Å². The molecule has 0 spiro atoms. The van der Waals surface area contributed by atoms with Crippen LogP contribution in [0.4, 0.5) is 13.2 Å². The molecule has 1 N–H and O–H groups in total. The van der Waals surface area contributed by atoms with Crippen molar-refractivity contribution in [2.24, 2.45) is 0 Å². The van der Waals surface area contributed by atoms with Crippen molar-refractivity contribution in [3.8, 4) is 0 Å². The Kier molecular flexibility index (Phi) is 3.36. The number of halogens is 3. The Morgan fingerprint density at radius 3 is 2.69 bits per heavy atom. The molecule has 0 aliphatic carbocycles. The van der Waals surface area contributed by atoms with Crippen molar-refractivity contribution in [3.05, 3.63) is 24.0 Å². The van der Waals surface area contributed by atoms with Gasteiger partial charge in [0.25, 0.3) is 5.78 Å². The summed E-state index contributed by atoms with van der Waals surface area (Å²) in [6.07, 6.45) is -2.32. The van der Waals surface area contributed by atoms with Crippen LogP contribution in [0.1, 0.15) is 12.5 Å². The molecule has 1 aromatic rings. The van der Waals surface area contributed by atoms with Gasteiger partial charge in [0.2, 0.25) is 0 Å². The molecule has 0 aromatic carbocycles. The molecular formula is C9H9F3N2O2. The number of hydrogen-bond acceptors (Lipinski definition) is 3. The highest BCUT2D eigenvalue weighted by molar-refractivity contribution is 5.99. The minimum atomic E-state index is -4.98. The molecule has 0 amide bonds. The number of carbonyl (C=O) groups is 1. The van der Waals surface area contributed by atoms with E-state index in [2.05, 4.69) is 5.10 Å². The maximum Gasteiger partial charge on any atom is 0.454 e. The van der Waals surface area contributed by atoms with Crippen LogP contribution in [0.3, 0.4) is 0 Å². The van der Waals surface area contributed by atoms with Gasteiger partial charge in [-0.1, -0.05) is 0 Å². The zero-order valence-corrected chi connectivity index (χ0v) is 8.32. The zero-order valence-electron chi connectivity index (χ0n) is 8.32. The largest absolute Gasteiger partial charge is 0.507 e. The zero-order chi connectivity index (χ0) is 12.3. The molecule has 0 atom stereocenters. The van der Waals surface area contributed by atoms with Gasteiger partial charge in [0.1, 0.15) is 5.76 Å². The Balaban J connectivity index is 2.89. The standard InChI is InChI=1S/C9H9F3N2O2/c1-2-14-5-6(4-13-14)7(15)3-8(16)9(10,11)12/h3-5,15H,2H2,1H3/b7-3-. The molecule has 0 saturated heterocycles. The van der Waals surface area contributed by atoms with E-state index in [-0.39, 0.29) is 11.6 Å². The molecule has 0 aliphatic rings. The lowest BCUT2D eigenvalue weighted by Crippen LogP contribution is -2.20. The number of rotatable bonds is 3. The van der Waals surface area contributed by atoms with Crippen LogP contribution in [0.15, 0.2) is 18.5 Å². The van der Waals surface area contributed by atoms with Gasteiger partial charge in [-0.2, -0.15) is 18.3 Å². The lowest BCUT2D eigenvalue weighted by Gasteiger charge is -2.00. The fraction of sp³-hybridized carbons (Fsp3) is 0.333. The Morgan fingerprint density at radius 2 is 2.25 bits per heavy atom. The average molecular weight is 234 g/mol. The fourth-order valence-electron chi connectivity index (χ4n) is 0.958. The van der Waals surface area contributed by atoms with Crippen LogP contribution in [-0.4, -0.2) is 26.8 Å². The van der Waals surface area contributed by atoms with Gasteiger partial charge >= 0.3 is 6.18 Å². The number of aliphatic hydroxyl groups excluding tert-OH is 1. The lowest BCUT2D eigenvalue weighted by atomic mass is 10.2. The second kappa shape index (κ2) is 4.38. The first-order valence-corrected chi connectivity index (χ1v) is 4.39. The summed E-state index contributed by atoms with van der Waals surface area (Å²) in [7, 11) is 0. The SMILES string of the molecule is CCn1cc(/C(O)=C/C(=O)C(F)(F)F)cn1. The summed E-state index contributed by atoms with van der Waals surface area (Å²) in [6.45, 7) is 2.29. The smallest absolute Gasteiger partial charge is 0.454 e. The summed E-state index contributed by atoms with van der Waals surface area (Å²) in [6, 6.07) is 0. The Hall–Kier alpha value is -1.79. The highest BCUT2D eigenvalue weighted by Gasteiger charge is 2.37. The van der Waals surface area contributed by atoms with Crippen LogP contribution in [-0.2, 0) is 11.3 Å². The summed E-state index contributed by atoms with van der Waals surface area (Å²) in [5.41, 5.74) is 0.0689. The van der Waals surface area contributed by atoms with E-state index in [1.54, 1.807) is 6.92 Å². The van der Waals surface area contributed by atoms with Gasteiger partial charge in [-0.25, -0.2) is 0 Å². The molecule has 7 heteroatoms. The first-order valence-electron chi connectivity index (χ1n) is 4.39. The van der Waals surface area contributed by atoms with Crippen molar-refractivity contribution >= 4 is 11.5 Å². The first kappa shape index (κ1) is 12.3. The van der Waals surface area contributed by atoms with Crippen LogP contribution >= 0.6 is 0 Å². The monoisotopic (exact) mass is 234 g/mol. The third kappa shape index (κ3) is 2.85. The summed E-state index contributed by atoms with van der Waals surface area (Å²) in [5, 5.41) is 13.0. The van der Waals surface area contributed by atoms with Crippen molar-refractivity contribution in [2.75, 3.05) is 0 Å². The summed E-state index contributed by atoms with van der Waals surface area (Å²) in [5.74, 6) is -2.85. The molecule has 0 radical (unpaired) electrons. The van der Waals surface area contributed by atoms with Gasteiger partial charge < -0.3 is 5.11 Å². The van der Waals surface area contributed by atoms with E-state index in [0.29, 0.717) is 6.54 Å². The molecule has 16 heavy (non-hydrogen) atoms. The lowest BCUT2D eigenvalue weighted by molar-refractivity contribution is -0.165. The van der Waals surface area contributed by atoms with E-state index >= 15 is 0 Å². The predicted octanol–water partition coefficient (Wildman–Crippen LogP) is 1.93. The van der Waals surface area contributed by atoms with Crippen molar-refractivity contribution < 1.29 is 23.1 Å². The number of aromatic nitrogens is 2. The number of ketones is 1. The first-order chi connectivity index (χ1) is 7.34. The van der Waals surface area contributed by atoms with Gasteiger partial charge in [0, 0.05) is 18.8 Å². The van der Waals surface area contributed by atoms with E-state index in [0.717, 1.165) is 0 Å². The van der Waals surface area contributed by atoms with Gasteiger partial charge in [-0.15, -0.1) is 0 Å². The minimum Gasteiger partial charge on any atom is -0.507 e. The molecule has 0 aliphatic heterocycles. The van der Waals surface area contributed by atoms with Crippen molar-refractivity contribution in [2.45, 2.75) is 19.6 Å². The predicted molar refractivity (Wildman–Crippen MR) is 49.6 cm³/mol. The van der Waals surface area contributed by atoms with Crippen molar-refractivity contribution in [3.63, 3.8) is 0 Å². The summed E-state index contributed by atoms with van der Waals surface area (Å²) in [4.78, 5) is 10.5. The number of aliphatic hydroxyl groups is 1. The number of hydrogen-bond donors (Lipinski definition) is 1. The van der Waals surface area contributed by atoms with Crippen LogP contribution in [0.25, 0.3) is 5.76 Å². The minimum absolute atomic E-state index is 0.0689. The molecule has 4 nitrogen and oxygen atoms in total. The molecule has 0 unspecified atom stereocenters. The Labute approximate surface area is 89.0 Å². The van der Waals surface area contributed by atoms with E-state index in [9.17, 15) is 23.1 Å². The topological polar surface area (TPSA) is 55.1 Å². The van der Waals surface area contributed by atoms with Gasteiger partial charge in [-0.3, -0.25) is 9.48 Å². The number of alkyl halides is 3. The van der Waals surface area contributed by atoms with E-state index in [1.165, 1.54) is 17.1 Å². The van der Waals surface area contributed by atoms with Crippen molar-refractivity contribution in [1.82, 2.24) is 9.78 Å². The maximum absolute atomic E-state index is 11.9. The van der Waals surface area contributed by atoms with Crippen LogP contribution in [0.5, 0.6) is 0 Å². The number of aryl methyl sites for hydroxylation is 1. The van der Waals surface area contributed by atoms with Crippen LogP contribution < -0.4 is 0 Å². The van der Waals surface area contributed by atoms with Crippen molar-refractivity contribution in [1.29, 1.82) is 0 Å². The number of nitrogens with zero attached hydrogens (tertiary/aromatic N) is 2. The molecule has 0 bridgehead atoms. The Morgan fingerprint density at radius 1 is 1.62 bits per heavy atom. The van der Waals surface area contributed by atoms with E-state index in [4.69, 9.17) is 0 Å². The molecule has 88 valence electrons. The second-order valence-corrected chi connectivity index (χ2v) is 2.98. The molecule has 1 rings (SSSR count). The normalized spacial score (nSPS) is 12.9. The third-order valence-corrected chi connectivity index (χ3v) is 1.80. The summed E-state index contributed by atoms with van der Waals surface area (Å²) < 4.78 is 37.0. The van der Waals surface area contributed by atoms with Crippen LogP contribution in [0.2, 0.25) is 0 Å². The molecule has 1 aromatic heterocycles. The second-order valence-electron chi connectivity index (χ2n) is 2.98. The van der Waals surface area contributed by atoms with E-state index < -0.39 is 17.7 Å². The van der Waals surface area contributed by atoms with Gasteiger partial charge in [0.15, 0.2) is 0 Å². The number of allylic oxidation sites excluding steroid dienone is 1. The number of carbonyl (C=O) groups excluding carboxylic acids is 1. The third-order valence-electron chi connectivity index (χ3n) is 1.80. The van der Waals surface area contributed by atoms with Gasteiger partial charge in [-0.05, 0) is 6.92 Å². The maximum atomic E-state index is 11.9. The summed E-state index contributed by atoms with van der Waals surface area (Å²) >= 11 is 0. The molecular weight excluding hydrogens is 225 g/mol.